The molecule has 0 bridgehead atoms. The van der Waals surface area contributed by atoms with E-state index in [1.54, 1.807) is 24.5 Å². The number of benzene rings is 1. The Morgan fingerprint density at radius 3 is 2.52 bits per heavy atom. The van der Waals surface area contributed by atoms with Crippen LogP contribution in [0.1, 0.15) is 20.8 Å². The van der Waals surface area contributed by atoms with E-state index in [1.807, 2.05) is 4.57 Å². The number of hydrogen-bond acceptors (Lipinski definition) is 5. The first-order chi connectivity index (χ1) is 12.7. The fraction of sp³-hybridized carbons (Fsp3) is 0.263. The van der Waals surface area contributed by atoms with Crippen LogP contribution >= 0.6 is 0 Å². The summed E-state index contributed by atoms with van der Waals surface area (Å²) in [5.74, 6) is -0.325. The van der Waals surface area contributed by atoms with Crippen LogP contribution in [-0.2, 0) is 6.54 Å². The molecular formula is C19H20FN5O2. The second-order valence-electron chi connectivity index (χ2n) is 7.28. The topological polar surface area (TPSA) is 95.9 Å². The largest absolute Gasteiger partial charge is 0.412 e. The zero-order chi connectivity index (χ0) is 19.6. The molecule has 140 valence electrons. The highest BCUT2D eigenvalue weighted by molar-refractivity contribution is 5.77. The van der Waals surface area contributed by atoms with E-state index in [2.05, 4.69) is 35.7 Å². The molecule has 0 spiro atoms. The van der Waals surface area contributed by atoms with Crippen molar-refractivity contribution in [2.24, 2.45) is 11.1 Å². The van der Waals surface area contributed by atoms with Crippen LogP contribution in [-0.4, -0.2) is 25.6 Å². The highest BCUT2D eigenvalue weighted by Gasteiger charge is 2.21. The van der Waals surface area contributed by atoms with Crippen LogP contribution < -0.4 is 10.5 Å². The zero-order valence-corrected chi connectivity index (χ0v) is 15.3. The third kappa shape index (κ3) is 4.46. The van der Waals surface area contributed by atoms with E-state index in [1.165, 1.54) is 18.3 Å². The summed E-state index contributed by atoms with van der Waals surface area (Å²) in [7, 11) is 0. The van der Waals surface area contributed by atoms with Crippen LogP contribution in [0.4, 0.5) is 9.18 Å². The van der Waals surface area contributed by atoms with Crippen molar-refractivity contribution in [3.8, 4) is 28.7 Å². The summed E-state index contributed by atoms with van der Waals surface area (Å²) < 4.78 is 20.1. The number of nitrogens with two attached hydrogens (primary N) is 1. The van der Waals surface area contributed by atoms with Gasteiger partial charge in [-0.05, 0) is 35.7 Å². The maximum atomic E-state index is 13.3. The SMILES string of the molecule is CC(C)(C)Cn1cnc(-c2ccc(F)cc2)c1-c1ccnc(OC(N)=O)n1. The summed E-state index contributed by atoms with van der Waals surface area (Å²) in [6, 6.07) is 7.62. The Bertz CT molecular complexity index is 961. The molecule has 0 saturated heterocycles. The second-order valence-corrected chi connectivity index (χ2v) is 7.28. The van der Waals surface area contributed by atoms with Crippen LogP contribution in [0.15, 0.2) is 42.9 Å². The molecule has 0 atom stereocenters. The van der Waals surface area contributed by atoms with Crippen LogP contribution in [0.2, 0.25) is 0 Å². The van der Waals surface area contributed by atoms with E-state index in [4.69, 9.17) is 10.5 Å². The van der Waals surface area contributed by atoms with Gasteiger partial charge in [-0.25, -0.2) is 19.2 Å². The molecule has 8 heteroatoms. The number of carbonyl (C=O) groups is 1. The molecule has 0 aliphatic carbocycles. The Kier molecular flexibility index (Phi) is 4.89. The van der Waals surface area contributed by atoms with Crippen LogP contribution in [0.25, 0.3) is 22.6 Å². The monoisotopic (exact) mass is 369 g/mol. The summed E-state index contributed by atoms with van der Waals surface area (Å²) in [6.45, 7) is 6.99. The number of rotatable bonds is 4. The van der Waals surface area contributed by atoms with Crippen molar-refractivity contribution in [2.75, 3.05) is 0 Å². The molecule has 3 rings (SSSR count). The number of carbonyl (C=O) groups excluding carboxylic acids is 1. The van der Waals surface area contributed by atoms with Gasteiger partial charge in [0, 0.05) is 18.3 Å². The molecule has 0 fully saturated rings. The molecule has 1 amide bonds. The van der Waals surface area contributed by atoms with E-state index in [0.29, 0.717) is 23.6 Å². The first-order valence-electron chi connectivity index (χ1n) is 8.35. The summed E-state index contributed by atoms with van der Waals surface area (Å²) >= 11 is 0. The van der Waals surface area contributed by atoms with Crippen LogP contribution in [0.3, 0.4) is 0 Å². The van der Waals surface area contributed by atoms with Crippen LogP contribution in [0, 0.1) is 11.2 Å². The molecule has 0 saturated carbocycles. The summed E-state index contributed by atoms with van der Waals surface area (Å²) in [5.41, 5.74) is 7.65. The lowest BCUT2D eigenvalue weighted by atomic mass is 9.96. The lowest BCUT2D eigenvalue weighted by Gasteiger charge is -2.20. The number of amides is 1. The summed E-state index contributed by atoms with van der Waals surface area (Å²) in [6.07, 6.45) is 2.20. The molecule has 27 heavy (non-hydrogen) atoms. The minimum Gasteiger partial charge on any atom is -0.374 e. The number of primary amides is 1. The number of halogens is 1. The van der Waals surface area contributed by atoms with E-state index in [-0.39, 0.29) is 17.2 Å². The number of nitrogens with zero attached hydrogens (tertiary/aromatic N) is 4. The molecule has 1 aromatic carbocycles. The second kappa shape index (κ2) is 7.14. The average molecular weight is 369 g/mol. The van der Waals surface area contributed by atoms with Gasteiger partial charge in [-0.1, -0.05) is 20.8 Å². The number of ether oxygens (including phenoxy) is 1. The van der Waals surface area contributed by atoms with E-state index in [0.717, 1.165) is 5.56 Å². The smallest absolute Gasteiger partial charge is 0.374 e. The van der Waals surface area contributed by atoms with Gasteiger partial charge in [0.15, 0.2) is 0 Å². The maximum Gasteiger partial charge on any atom is 0.412 e. The predicted molar refractivity (Wildman–Crippen MR) is 98.3 cm³/mol. The Morgan fingerprint density at radius 1 is 1.19 bits per heavy atom. The number of imidazole rings is 1. The van der Waals surface area contributed by atoms with Crippen molar-refractivity contribution in [1.82, 2.24) is 19.5 Å². The van der Waals surface area contributed by atoms with Crippen molar-refractivity contribution in [1.29, 1.82) is 0 Å². The van der Waals surface area contributed by atoms with Crippen molar-refractivity contribution < 1.29 is 13.9 Å². The maximum absolute atomic E-state index is 13.3. The van der Waals surface area contributed by atoms with E-state index < -0.39 is 6.09 Å². The normalized spacial score (nSPS) is 11.4. The van der Waals surface area contributed by atoms with Gasteiger partial charge >= 0.3 is 12.1 Å². The van der Waals surface area contributed by atoms with Crippen molar-refractivity contribution in [3.63, 3.8) is 0 Å². The summed E-state index contributed by atoms with van der Waals surface area (Å²) in [4.78, 5) is 23.7. The molecule has 2 N–H and O–H groups in total. The molecule has 0 aliphatic heterocycles. The van der Waals surface area contributed by atoms with E-state index >= 15 is 0 Å². The number of aromatic nitrogens is 4. The van der Waals surface area contributed by atoms with Gasteiger partial charge < -0.3 is 15.0 Å². The van der Waals surface area contributed by atoms with Gasteiger partial charge in [0.05, 0.1) is 23.4 Å². The molecule has 2 aromatic heterocycles. The first-order valence-corrected chi connectivity index (χ1v) is 8.35. The van der Waals surface area contributed by atoms with Crippen molar-refractivity contribution in [2.45, 2.75) is 27.3 Å². The van der Waals surface area contributed by atoms with Crippen molar-refractivity contribution >= 4 is 6.09 Å². The molecule has 0 unspecified atom stereocenters. The van der Waals surface area contributed by atoms with Gasteiger partial charge in [-0.2, -0.15) is 4.98 Å². The van der Waals surface area contributed by atoms with Gasteiger partial charge in [0.1, 0.15) is 5.82 Å². The molecule has 7 nitrogen and oxygen atoms in total. The molecule has 3 aromatic rings. The Morgan fingerprint density at radius 2 is 1.89 bits per heavy atom. The fourth-order valence-corrected chi connectivity index (χ4v) is 2.71. The molecular weight excluding hydrogens is 349 g/mol. The van der Waals surface area contributed by atoms with Gasteiger partial charge in [0.2, 0.25) is 0 Å². The van der Waals surface area contributed by atoms with Crippen LogP contribution in [0.5, 0.6) is 6.01 Å². The average Bonchev–Trinajstić information content (AvgIpc) is 2.96. The Hall–Kier alpha value is -3.29. The standard InChI is InChI=1S/C19H20FN5O2/c1-19(2,3)10-25-11-23-15(12-4-6-13(20)7-5-12)16(25)14-8-9-22-18(24-14)27-17(21)26/h4-9,11H,10H2,1-3H3,(H2,21,26). The van der Waals surface area contributed by atoms with E-state index in [9.17, 15) is 9.18 Å². The molecule has 0 aliphatic rings. The zero-order valence-electron chi connectivity index (χ0n) is 15.3. The van der Waals surface area contributed by atoms with Gasteiger partial charge in [-0.3, -0.25) is 0 Å². The minimum absolute atomic E-state index is 0.0187. The lowest BCUT2D eigenvalue weighted by molar-refractivity contribution is 0.207. The molecule has 2 heterocycles. The van der Waals surface area contributed by atoms with Crippen molar-refractivity contribution in [3.05, 3.63) is 48.7 Å². The predicted octanol–water partition coefficient (Wildman–Crippen LogP) is 3.65. The highest BCUT2D eigenvalue weighted by atomic mass is 19.1. The fourth-order valence-electron chi connectivity index (χ4n) is 2.71. The highest BCUT2D eigenvalue weighted by Crippen LogP contribution is 2.32. The first kappa shape index (κ1) is 18.5. The summed E-state index contributed by atoms with van der Waals surface area (Å²) in [5, 5.41) is 0. The quantitative estimate of drug-likeness (QED) is 0.757. The third-order valence-corrected chi connectivity index (χ3v) is 3.67. The number of hydrogen-bond donors (Lipinski definition) is 1. The Labute approximate surface area is 156 Å². The lowest BCUT2D eigenvalue weighted by Crippen LogP contribution is -2.18. The van der Waals surface area contributed by atoms with Gasteiger partial charge in [-0.15, -0.1) is 0 Å². The van der Waals surface area contributed by atoms with Gasteiger partial charge in [0.25, 0.3) is 0 Å². The molecule has 0 radical (unpaired) electrons. The Balaban J connectivity index is 2.14. The third-order valence-electron chi connectivity index (χ3n) is 3.67. The minimum atomic E-state index is -0.992.